The van der Waals surface area contributed by atoms with E-state index in [1.807, 2.05) is 11.3 Å². The van der Waals surface area contributed by atoms with Crippen LogP contribution in [0.1, 0.15) is 50.7 Å². The Balaban J connectivity index is 1.28. The van der Waals surface area contributed by atoms with Gasteiger partial charge in [-0.05, 0) is 131 Å². The molecule has 0 radical (unpaired) electrons. The molecule has 0 fully saturated rings. The van der Waals surface area contributed by atoms with Crippen LogP contribution in [-0.2, 0) is 12.8 Å². The number of benzene rings is 8. The van der Waals surface area contributed by atoms with Crippen LogP contribution in [0.3, 0.4) is 0 Å². The van der Waals surface area contributed by atoms with Crippen LogP contribution in [0.15, 0.2) is 176 Å². The zero-order valence-electron chi connectivity index (χ0n) is 34.4. The lowest BCUT2D eigenvalue weighted by Crippen LogP contribution is -2.61. The Kier molecular flexibility index (Phi) is 9.39. The molecule has 60 heavy (non-hydrogen) atoms. The number of anilines is 5. The normalized spacial score (nSPS) is 12.8. The second-order valence-corrected chi connectivity index (χ2v) is 17.6. The molecule has 2 aliphatic heterocycles. The summed E-state index contributed by atoms with van der Waals surface area (Å²) in [5.41, 5.74) is 19.2. The van der Waals surface area contributed by atoms with Gasteiger partial charge in [0.15, 0.2) is 0 Å². The SMILES string of the molecule is CCCCc1ccc2c(c1)-c1cc(-c3ccccc3)cc3c1B(c1cc4c(cc1N3c1ccc(CCCC)cc1-c1ccccc1)sc1ccccc14)N2c1ccccc1. The first-order chi connectivity index (χ1) is 29.7. The van der Waals surface area contributed by atoms with E-state index in [2.05, 4.69) is 199 Å². The molecular weight excluding hydrogens is 744 g/mol. The highest BCUT2D eigenvalue weighted by molar-refractivity contribution is 7.26. The minimum Gasteiger partial charge on any atom is -0.376 e. The van der Waals surface area contributed by atoms with E-state index in [9.17, 15) is 0 Å². The molecular formula is C56H47BN2S. The molecule has 2 aliphatic rings. The molecule has 2 nitrogen and oxygen atoms in total. The molecule has 0 saturated carbocycles. The number of hydrogen-bond acceptors (Lipinski definition) is 3. The van der Waals surface area contributed by atoms with Gasteiger partial charge >= 0.3 is 6.85 Å². The monoisotopic (exact) mass is 790 g/mol. The van der Waals surface area contributed by atoms with Gasteiger partial charge in [0.2, 0.25) is 0 Å². The second-order valence-electron chi connectivity index (χ2n) is 16.5. The first-order valence-electron chi connectivity index (χ1n) is 21.8. The zero-order chi connectivity index (χ0) is 40.2. The van der Waals surface area contributed by atoms with E-state index in [4.69, 9.17) is 0 Å². The lowest BCUT2D eigenvalue weighted by Gasteiger charge is -2.46. The van der Waals surface area contributed by atoms with E-state index in [0.717, 1.165) is 12.8 Å². The van der Waals surface area contributed by atoms with Crippen LogP contribution in [0.2, 0.25) is 0 Å². The number of fused-ring (bicyclic) bond motifs is 7. The van der Waals surface area contributed by atoms with E-state index in [-0.39, 0.29) is 6.85 Å². The van der Waals surface area contributed by atoms with Gasteiger partial charge in [0.05, 0.1) is 5.69 Å². The molecule has 9 aromatic rings. The summed E-state index contributed by atoms with van der Waals surface area (Å²) in [6.45, 7) is 4.52. The first-order valence-corrected chi connectivity index (χ1v) is 22.6. The maximum absolute atomic E-state index is 2.65. The molecule has 11 rings (SSSR count). The van der Waals surface area contributed by atoms with Gasteiger partial charge in [0, 0.05) is 54.0 Å². The number of unbranched alkanes of at least 4 members (excludes halogenated alkanes) is 2. The second kappa shape index (κ2) is 15.3. The van der Waals surface area contributed by atoms with Gasteiger partial charge < -0.3 is 9.71 Å². The van der Waals surface area contributed by atoms with E-state index in [1.165, 1.54) is 130 Å². The number of para-hydroxylation sites is 1. The molecule has 4 heteroatoms. The van der Waals surface area contributed by atoms with Gasteiger partial charge in [-0.2, -0.15) is 0 Å². The fourth-order valence-corrected chi connectivity index (χ4v) is 11.0. The van der Waals surface area contributed by atoms with Crippen molar-refractivity contribution in [3.8, 4) is 33.4 Å². The van der Waals surface area contributed by atoms with Gasteiger partial charge in [-0.15, -0.1) is 11.3 Å². The van der Waals surface area contributed by atoms with Crippen LogP contribution in [0.5, 0.6) is 0 Å². The highest BCUT2D eigenvalue weighted by Crippen LogP contribution is 2.51. The molecule has 0 atom stereocenters. The van der Waals surface area contributed by atoms with Crippen molar-refractivity contribution >= 4 is 77.7 Å². The number of aryl methyl sites for hydroxylation is 2. The standard InChI is InChI=1S/C56H47BN2S/c1-3-5-18-38-28-30-50(45(32-38)41-22-12-8-13-23-41)58-52-37-55-47(44-26-16-17-27-54(44)60-55)36-49(52)57-56-48(34-42(35-53(56)58)40-20-10-7-11-21-40)46-33-39(19-6-4-2)29-31-51(46)59(57)43-24-14-9-15-25-43/h7-17,20-37H,3-6,18-19H2,1-2H3. The van der Waals surface area contributed by atoms with Crippen molar-refractivity contribution in [1.82, 2.24) is 0 Å². The maximum Gasteiger partial charge on any atom is 0.333 e. The Labute approximate surface area is 358 Å². The zero-order valence-corrected chi connectivity index (χ0v) is 35.2. The molecule has 8 aromatic carbocycles. The van der Waals surface area contributed by atoms with Crippen LogP contribution >= 0.6 is 11.3 Å². The third-order valence-corrected chi connectivity index (χ3v) is 13.9. The minimum absolute atomic E-state index is 0.0606. The van der Waals surface area contributed by atoms with Crippen molar-refractivity contribution in [3.05, 3.63) is 187 Å². The summed E-state index contributed by atoms with van der Waals surface area (Å²) in [5.74, 6) is 0. The summed E-state index contributed by atoms with van der Waals surface area (Å²) in [4.78, 5) is 5.29. The highest BCUT2D eigenvalue weighted by atomic mass is 32.1. The van der Waals surface area contributed by atoms with E-state index in [1.54, 1.807) is 0 Å². The van der Waals surface area contributed by atoms with Crippen LogP contribution < -0.4 is 20.6 Å². The average molecular weight is 791 g/mol. The quantitative estimate of drug-likeness (QED) is 0.127. The largest absolute Gasteiger partial charge is 0.376 e. The topological polar surface area (TPSA) is 6.48 Å². The summed E-state index contributed by atoms with van der Waals surface area (Å²) in [7, 11) is 0. The summed E-state index contributed by atoms with van der Waals surface area (Å²) in [6, 6.07) is 66.8. The summed E-state index contributed by atoms with van der Waals surface area (Å²) in [5, 5.41) is 2.65. The van der Waals surface area contributed by atoms with Gasteiger partial charge in [-0.25, -0.2) is 0 Å². The summed E-state index contributed by atoms with van der Waals surface area (Å²) >= 11 is 1.90. The third-order valence-electron chi connectivity index (χ3n) is 12.8. The fraction of sp³-hybridized carbons (Fsp3) is 0.143. The van der Waals surface area contributed by atoms with Gasteiger partial charge in [0.1, 0.15) is 0 Å². The average Bonchev–Trinajstić information content (AvgIpc) is 3.68. The molecule has 0 bridgehead atoms. The van der Waals surface area contributed by atoms with Gasteiger partial charge in [-0.3, -0.25) is 0 Å². The van der Waals surface area contributed by atoms with Crippen molar-refractivity contribution in [2.24, 2.45) is 0 Å². The predicted molar refractivity (Wildman–Crippen MR) is 261 cm³/mol. The Morgan fingerprint density at radius 2 is 1.08 bits per heavy atom. The fourth-order valence-electron chi connectivity index (χ4n) is 9.86. The lowest BCUT2D eigenvalue weighted by molar-refractivity contribution is 0.795. The summed E-state index contributed by atoms with van der Waals surface area (Å²) < 4.78 is 2.64. The third kappa shape index (κ3) is 6.16. The minimum atomic E-state index is -0.0606. The smallest absolute Gasteiger partial charge is 0.333 e. The lowest BCUT2D eigenvalue weighted by atomic mass is 9.43. The van der Waals surface area contributed by atoms with E-state index < -0.39 is 0 Å². The molecule has 3 heterocycles. The van der Waals surface area contributed by atoms with E-state index in [0.29, 0.717) is 0 Å². The van der Waals surface area contributed by atoms with Crippen molar-refractivity contribution in [3.63, 3.8) is 0 Å². The first kappa shape index (κ1) is 36.7. The van der Waals surface area contributed by atoms with E-state index >= 15 is 0 Å². The van der Waals surface area contributed by atoms with Gasteiger partial charge in [-0.1, -0.05) is 142 Å². The van der Waals surface area contributed by atoms with Crippen LogP contribution in [0.25, 0.3) is 53.6 Å². The molecule has 0 N–H and O–H groups in total. The Bertz CT molecular complexity index is 3030. The van der Waals surface area contributed by atoms with Crippen molar-refractivity contribution in [1.29, 1.82) is 0 Å². The number of hydrogen-bond donors (Lipinski definition) is 0. The molecule has 0 saturated heterocycles. The molecule has 0 aliphatic carbocycles. The van der Waals surface area contributed by atoms with Crippen LogP contribution in [0.4, 0.5) is 28.4 Å². The predicted octanol–water partition coefficient (Wildman–Crippen LogP) is 14.8. The van der Waals surface area contributed by atoms with Crippen LogP contribution in [-0.4, -0.2) is 6.85 Å². The molecule has 0 unspecified atom stereocenters. The summed E-state index contributed by atoms with van der Waals surface area (Å²) in [6.07, 6.45) is 6.84. The van der Waals surface area contributed by atoms with Gasteiger partial charge in [0.25, 0.3) is 0 Å². The molecule has 290 valence electrons. The number of rotatable bonds is 10. The molecule has 0 amide bonds. The Morgan fingerprint density at radius 3 is 1.80 bits per heavy atom. The number of nitrogens with zero attached hydrogens (tertiary/aromatic N) is 2. The Hall–Kier alpha value is -6.36. The molecule has 0 spiro atoms. The Morgan fingerprint density at radius 1 is 0.450 bits per heavy atom. The highest BCUT2D eigenvalue weighted by Gasteiger charge is 2.46. The van der Waals surface area contributed by atoms with Crippen molar-refractivity contribution in [2.75, 3.05) is 9.71 Å². The molecule has 1 aromatic heterocycles. The van der Waals surface area contributed by atoms with Crippen molar-refractivity contribution in [2.45, 2.75) is 52.4 Å². The number of thiophene rings is 1. The van der Waals surface area contributed by atoms with Crippen LogP contribution in [0, 0.1) is 0 Å². The maximum atomic E-state index is 2.65. The van der Waals surface area contributed by atoms with Crippen molar-refractivity contribution < 1.29 is 0 Å².